The van der Waals surface area contributed by atoms with E-state index >= 15 is 0 Å². The van der Waals surface area contributed by atoms with Crippen LogP contribution >= 0.6 is 11.8 Å². The summed E-state index contributed by atoms with van der Waals surface area (Å²) in [4.78, 5) is 0.224. The minimum atomic E-state index is -4.23. The molecule has 1 N–H and O–H groups in total. The van der Waals surface area contributed by atoms with Crippen LogP contribution in [0.5, 0.6) is 0 Å². The van der Waals surface area contributed by atoms with Crippen LogP contribution in [0.15, 0.2) is 34.7 Å². The van der Waals surface area contributed by atoms with E-state index < -0.39 is 5.51 Å². The largest absolute Gasteiger partial charge is 0.446 e. The summed E-state index contributed by atoms with van der Waals surface area (Å²) < 4.78 is 36.8. The molecule has 0 atom stereocenters. The zero-order chi connectivity index (χ0) is 15.5. The fourth-order valence-corrected chi connectivity index (χ4v) is 2.49. The topological polar surface area (TPSA) is 12.0 Å². The van der Waals surface area contributed by atoms with Crippen LogP contribution in [0.25, 0.3) is 6.08 Å². The third-order valence-electron chi connectivity index (χ3n) is 3.38. The van der Waals surface area contributed by atoms with Crippen LogP contribution in [0.3, 0.4) is 0 Å². The molecule has 2 rings (SSSR count). The van der Waals surface area contributed by atoms with E-state index in [1.165, 1.54) is 30.5 Å². The highest BCUT2D eigenvalue weighted by molar-refractivity contribution is 8.00. The van der Waals surface area contributed by atoms with Gasteiger partial charge < -0.3 is 5.32 Å². The first kappa shape index (κ1) is 16.4. The maximum absolute atomic E-state index is 12.3. The monoisotopic (exact) mass is 315 g/mol. The van der Waals surface area contributed by atoms with Gasteiger partial charge >= 0.3 is 5.51 Å². The van der Waals surface area contributed by atoms with Gasteiger partial charge in [-0.1, -0.05) is 37.6 Å². The minimum absolute atomic E-state index is 0.0760. The molecule has 1 saturated carbocycles. The van der Waals surface area contributed by atoms with Gasteiger partial charge in [0.2, 0.25) is 0 Å². The van der Waals surface area contributed by atoms with E-state index in [1.54, 1.807) is 12.1 Å². The molecule has 1 fully saturated rings. The SMILES string of the molecule is CC(C)C(=Cc1ccc(SC(F)(F)F)cc1)CNC1CC1. The van der Waals surface area contributed by atoms with Crippen molar-refractivity contribution in [1.82, 2.24) is 5.32 Å². The van der Waals surface area contributed by atoms with Crippen molar-refractivity contribution in [3.05, 3.63) is 35.4 Å². The van der Waals surface area contributed by atoms with Crippen molar-refractivity contribution in [3.8, 4) is 0 Å². The average molecular weight is 315 g/mol. The Labute approximate surface area is 128 Å². The fraction of sp³-hybridized carbons (Fsp3) is 0.500. The molecule has 0 aliphatic heterocycles. The molecule has 1 aromatic carbocycles. The molecular weight excluding hydrogens is 295 g/mol. The van der Waals surface area contributed by atoms with Gasteiger partial charge in [-0.25, -0.2) is 0 Å². The molecule has 0 amide bonds. The van der Waals surface area contributed by atoms with Gasteiger partial charge in [0.25, 0.3) is 0 Å². The van der Waals surface area contributed by atoms with Gasteiger partial charge in [-0.05, 0) is 48.2 Å². The lowest BCUT2D eigenvalue weighted by Gasteiger charge is -2.13. The Balaban J connectivity index is 2.02. The third kappa shape index (κ3) is 6.14. The molecule has 0 heterocycles. The minimum Gasteiger partial charge on any atom is -0.310 e. The van der Waals surface area contributed by atoms with Crippen LogP contribution in [0, 0.1) is 5.92 Å². The van der Waals surface area contributed by atoms with Gasteiger partial charge in [0, 0.05) is 17.5 Å². The van der Waals surface area contributed by atoms with Crippen molar-refractivity contribution in [1.29, 1.82) is 0 Å². The van der Waals surface area contributed by atoms with Crippen LogP contribution < -0.4 is 5.32 Å². The predicted molar refractivity (Wildman–Crippen MR) is 82.2 cm³/mol. The molecule has 1 aliphatic rings. The Morgan fingerprint density at radius 2 is 1.90 bits per heavy atom. The van der Waals surface area contributed by atoms with Crippen LogP contribution in [0.2, 0.25) is 0 Å². The Morgan fingerprint density at radius 3 is 2.38 bits per heavy atom. The number of nitrogens with one attached hydrogen (secondary N) is 1. The van der Waals surface area contributed by atoms with Gasteiger partial charge in [0.15, 0.2) is 0 Å². The summed E-state index contributed by atoms with van der Waals surface area (Å²) in [5, 5.41) is 3.48. The van der Waals surface area contributed by atoms with E-state index in [0.717, 1.165) is 12.1 Å². The molecule has 5 heteroatoms. The highest BCUT2D eigenvalue weighted by Gasteiger charge is 2.29. The van der Waals surface area contributed by atoms with Gasteiger partial charge in [0.1, 0.15) is 0 Å². The van der Waals surface area contributed by atoms with E-state index in [-0.39, 0.29) is 16.7 Å². The summed E-state index contributed by atoms with van der Waals surface area (Å²) in [6, 6.07) is 7.19. The fourth-order valence-electron chi connectivity index (χ4n) is 1.95. The van der Waals surface area contributed by atoms with Crippen LogP contribution in [-0.2, 0) is 0 Å². The molecular formula is C16H20F3NS. The first-order valence-electron chi connectivity index (χ1n) is 7.13. The van der Waals surface area contributed by atoms with Crippen LogP contribution in [0.4, 0.5) is 13.2 Å². The number of halogens is 3. The molecule has 1 aliphatic carbocycles. The summed E-state index contributed by atoms with van der Waals surface area (Å²) in [6.45, 7) is 5.12. The maximum atomic E-state index is 12.3. The quantitative estimate of drug-likeness (QED) is 0.734. The molecule has 0 aromatic heterocycles. The maximum Gasteiger partial charge on any atom is 0.446 e. The molecule has 0 unspecified atom stereocenters. The second-order valence-electron chi connectivity index (χ2n) is 5.65. The second kappa shape index (κ2) is 6.88. The van der Waals surface area contributed by atoms with Crippen molar-refractivity contribution in [2.75, 3.05) is 6.54 Å². The Hall–Kier alpha value is -0.940. The third-order valence-corrected chi connectivity index (χ3v) is 4.12. The zero-order valence-electron chi connectivity index (χ0n) is 12.2. The summed E-state index contributed by atoms with van der Waals surface area (Å²) in [5.41, 5.74) is -2.00. The van der Waals surface area contributed by atoms with E-state index in [2.05, 4.69) is 25.2 Å². The molecule has 21 heavy (non-hydrogen) atoms. The predicted octanol–water partition coefficient (Wildman–Crippen LogP) is 5.09. The Morgan fingerprint density at radius 1 is 1.29 bits per heavy atom. The van der Waals surface area contributed by atoms with Gasteiger partial charge in [-0.3, -0.25) is 0 Å². The highest BCUT2D eigenvalue weighted by atomic mass is 32.2. The first-order chi connectivity index (χ1) is 9.83. The van der Waals surface area contributed by atoms with E-state index in [4.69, 9.17) is 0 Å². The lowest BCUT2D eigenvalue weighted by atomic mass is 10.0. The van der Waals surface area contributed by atoms with Crippen molar-refractivity contribution < 1.29 is 13.2 Å². The molecule has 0 radical (unpaired) electrons. The molecule has 1 aromatic rings. The molecule has 1 nitrogen and oxygen atoms in total. The number of thioether (sulfide) groups is 1. The normalized spacial score (nSPS) is 16.6. The lowest BCUT2D eigenvalue weighted by molar-refractivity contribution is -0.0328. The van der Waals surface area contributed by atoms with Gasteiger partial charge in [-0.15, -0.1) is 0 Å². The number of alkyl halides is 3. The highest BCUT2D eigenvalue weighted by Crippen LogP contribution is 2.36. The molecule has 0 saturated heterocycles. The Kier molecular flexibility index (Phi) is 5.38. The van der Waals surface area contributed by atoms with Crippen molar-refractivity contribution in [2.24, 2.45) is 5.92 Å². The zero-order valence-corrected chi connectivity index (χ0v) is 13.0. The van der Waals surface area contributed by atoms with Crippen LogP contribution in [-0.4, -0.2) is 18.1 Å². The summed E-state index contributed by atoms with van der Waals surface area (Å²) in [7, 11) is 0. The number of hydrogen-bond acceptors (Lipinski definition) is 2. The Bertz CT molecular complexity index is 487. The summed E-state index contributed by atoms with van der Waals surface area (Å²) in [6.07, 6.45) is 4.56. The van der Waals surface area contributed by atoms with Gasteiger partial charge in [-0.2, -0.15) is 13.2 Å². The lowest BCUT2D eigenvalue weighted by Crippen LogP contribution is -2.21. The van der Waals surface area contributed by atoms with Gasteiger partial charge in [0.05, 0.1) is 0 Å². The van der Waals surface area contributed by atoms with Crippen molar-refractivity contribution in [3.63, 3.8) is 0 Å². The van der Waals surface area contributed by atoms with E-state index in [9.17, 15) is 13.2 Å². The van der Waals surface area contributed by atoms with E-state index in [0.29, 0.717) is 12.0 Å². The van der Waals surface area contributed by atoms with Crippen molar-refractivity contribution in [2.45, 2.75) is 43.1 Å². The average Bonchev–Trinajstić information content (AvgIpc) is 3.18. The van der Waals surface area contributed by atoms with Crippen molar-refractivity contribution >= 4 is 17.8 Å². The number of rotatable bonds is 6. The summed E-state index contributed by atoms with van der Waals surface area (Å²) in [5.74, 6) is 0.417. The number of hydrogen-bond donors (Lipinski definition) is 1. The molecule has 0 bridgehead atoms. The molecule has 116 valence electrons. The summed E-state index contributed by atoms with van der Waals surface area (Å²) >= 11 is -0.0760. The number of benzene rings is 1. The van der Waals surface area contributed by atoms with Crippen LogP contribution in [0.1, 0.15) is 32.3 Å². The molecule has 0 spiro atoms. The second-order valence-corrected chi connectivity index (χ2v) is 6.78. The van der Waals surface area contributed by atoms with E-state index in [1.807, 2.05) is 0 Å². The first-order valence-corrected chi connectivity index (χ1v) is 7.95. The standard InChI is InChI=1S/C16H20F3NS/c1-11(2)13(10-20-14-5-6-14)9-12-3-7-15(8-4-12)21-16(17,18)19/h3-4,7-9,11,14,20H,5-6,10H2,1-2H3. The smallest absolute Gasteiger partial charge is 0.310 e.